The molecule has 1 unspecified atom stereocenters. The van der Waals surface area contributed by atoms with E-state index in [4.69, 9.17) is 14.2 Å². The number of alkyl carbamates (subject to hydrolysis) is 1. The van der Waals surface area contributed by atoms with Gasteiger partial charge >= 0.3 is 6.09 Å². The van der Waals surface area contributed by atoms with Crippen molar-refractivity contribution in [2.45, 2.75) is 44.8 Å². The molecule has 1 N–H and O–H groups in total. The Bertz CT molecular complexity index is 934. The number of fused-ring (bicyclic) bond motifs is 1. The first-order valence-electron chi connectivity index (χ1n) is 11.8. The highest BCUT2D eigenvalue weighted by Gasteiger charge is 2.24. The monoisotopic (exact) mass is 452 g/mol. The van der Waals surface area contributed by atoms with Crippen LogP contribution in [0.3, 0.4) is 0 Å². The molecule has 4 rings (SSSR count). The van der Waals surface area contributed by atoms with Crippen molar-refractivity contribution in [2.75, 3.05) is 32.8 Å². The predicted octanol–water partition coefficient (Wildman–Crippen LogP) is 3.49. The lowest BCUT2D eigenvalue weighted by atomic mass is 9.92. The van der Waals surface area contributed by atoms with E-state index in [1.165, 1.54) is 24.0 Å². The van der Waals surface area contributed by atoms with Gasteiger partial charge in [0, 0.05) is 19.5 Å². The average molecular weight is 453 g/mol. The van der Waals surface area contributed by atoms with Crippen LogP contribution in [0.1, 0.15) is 36.0 Å². The lowest BCUT2D eigenvalue weighted by molar-refractivity contribution is -0.139. The van der Waals surface area contributed by atoms with Gasteiger partial charge in [0.05, 0.1) is 13.2 Å². The summed E-state index contributed by atoms with van der Waals surface area (Å²) in [6, 6.07) is 15.8. The van der Waals surface area contributed by atoms with Gasteiger partial charge in [-0.1, -0.05) is 36.4 Å². The summed E-state index contributed by atoms with van der Waals surface area (Å²) in [5.74, 6) is 0.848. The number of nitrogens with one attached hydrogen (secondary N) is 1. The molecule has 1 atom stereocenters. The fourth-order valence-electron chi connectivity index (χ4n) is 4.24. The van der Waals surface area contributed by atoms with Gasteiger partial charge in [-0.15, -0.1) is 0 Å². The van der Waals surface area contributed by atoms with Crippen LogP contribution in [-0.2, 0) is 33.7 Å². The number of carbonyl (C=O) groups is 2. The van der Waals surface area contributed by atoms with Crippen LogP contribution in [0.15, 0.2) is 48.5 Å². The number of nitrogens with zero attached hydrogens (tertiary/aromatic N) is 1. The minimum absolute atomic E-state index is 0.0135. The second-order valence-electron chi connectivity index (χ2n) is 8.52. The summed E-state index contributed by atoms with van der Waals surface area (Å²) in [6.07, 6.45) is 4.29. The van der Waals surface area contributed by atoms with E-state index in [2.05, 4.69) is 17.4 Å². The zero-order valence-electron chi connectivity index (χ0n) is 19.0. The zero-order chi connectivity index (χ0) is 22.9. The van der Waals surface area contributed by atoms with E-state index in [-0.39, 0.29) is 31.6 Å². The highest BCUT2D eigenvalue weighted by molar-refractivity contribution is 5.77. The molecule has 176 valence electrons. The normalized spacial score (nSPS) is 17.7. The standard InChI is InChI=1S/C26H32N2O5/c29-25(12-13-27-26(30)33-18-20-6-2-1-3-7-20)28-14-15-31-24(17-28)19-32-23-11-10-21-8-4-5-9-22(21)16-23/h1-3,6-7,10-11,16,24H,4-5,8-9,12-15,17-19H2,(H,27,30). The van der Waals surface area contributed by atoms with Crippen LogP contribution in [0, 0.1) is 0 Å². The zero-order valence-corrected chi connectivity index (χ0v) is 19.0. The van der Waals surface area contributed by atoms with Crippen LogP contribution < -0.4 is 10.1 Å². The first-order valence-corrected chi connectivity index (χ1v) is 11.8. The summed E-state index contributed by atoms with van der Waals surface area (Å²) in [5.41, 5.74) is 3.73. The van der Waals surface area contributed by atoms with E-state index in [1.54, 1.807) is 4.90 Å². The van der Waals surface area contributed by atoms with Gasteiger partial charge in [-0.25, -0.2) is 4.79 Å². The van der Waals surface area contributed by atoms with Crippen LogP contribution in [0.2, 0.25) is 0 Å². The molecule has 0 bridgehead atoms. The van der Waals surface area contributed by atoms with Gasteiger partial charge in [0.25, 0.3) is 0 Å². The Morgan fingerprint density at radius 3 is 2.73 bits per heavy atom. The van der Waals surface area contributed by atoms with Crippen molar-refractivity contribution in [1.82, 2.24) is 10.2 Å². The highest BCUT2D eigenvalue weighted by atomic mass is 16.5. The van der Waals surface area contributed by atoms with Crippen LogP contribution in [0.5, 0.6) is 5.75 Å². The maximum atomic E-state index is 12.6. The second-order valence-corrected chi connectivity index (χ2v) is 8.52. The van der Waals surface area contributed by atoms with Crippen molar-refractivity contribution in [3.63, 3.8) is 0 Å². The van der Waals surface area contributed by atoms with E-state index >= 15 is 0 Å². The molecule has 0 aromatic heterocycles. The van der Waals surface area contributed by atoms with Gasteiger partial charge in [0.1, 0.15) is 25.1 Å². The van der Waals surface area contributed by atoms with E-state index < -0.39 is 6.09 Å². The Balaban J connectivity index is 1.15. The van der Waals surface area contributed by atoms with Crippen molar-refractivity contribution in [3.05, 3.63) is 65.2 Å². The second kappa shape index (κ2) is 11.7. The topological polar surface area (TPSA) is 77.1 Å². The molecule has 0 spiro atoms. The van der Waals surface area contributed by atoms with Crippen LogP contribution >= 0.6 is 0 Å². The third-order valence-electron chi connectivity index (χ3n) is 6.07. The van der Waals surface area contributed by atoms with Gasteiger partial charge in [-0.2, -0.15) is 0 Å². The number of ether oxygens (including phenoxy) is 3. The smallest absolute Gasteiger partial charge is 0.407 e. The predicted molar refractivity (Wildman–Crippen MR) is 124 cm³/mol. The molecule has 1 fully saturated rings. The molecule has 1 heterocycles. The fraction of sp³-hybridized carbons (Fsp3) is 0.462. The largest absolute Gasteiger partial charge is 0.491 e. The molecule has 2 aliphatic rings. The maximum Gasteiger partial charge on any atom is 0.407 e. The number of amides is 2. The summed E-state index contributed by atoms with van der Waals surface area (Å²) < 4.78 is 16.9. The minimum atomic E-state index is -0.523. The summed E-state index contributed by atoms with van der Waals surface area (Å²) in [7, 11) is 0. The fourth-order valence-corrected chi connectivity index (χ4v) is 4.24. The van der Waals surface area contributed by atoms with Gasteiger partial charge < -0.3 is 24.4 Å². The molecule has 7 nitrogen and oxygen atoms in total. The summed E-state index contributed by atoms with van der Waals surface area (Å²) in [4.78, 5) is 26.2. The van der Waals surface area contributed by atoms with Gasteiger partial charge in [-0.3, -0.25) is 4.79 Å². The molecule has 0 saturated carbocycles. The first kappa shape index (κ1) is 23.1. The summed E-state index contributed by atoms with van der Waals surface area (Å²) in [6.45, 7) is 2.37. The third kappa shape index (κ3) is 6.96. The molecule has 1 aliphatic heterocycles. The molecular formula is C26H32N2O5. The Kier molecular flexibility index (Phi) is 8.19. The van der Waals surface area contributed by atoms with Gasteiger partial charge in [0.2, 0.25) is 5.91 Å². The Morgan fingerprint density at radius 1 is 1.06 bits per heavy atom. The first-order chi connectivity index (χ1) is 16.2. The van der Waals surface area contributed by atoms with Crippen LogP contribution in [0.4, 0.5) is 4.79 Å². The van der Waals surface area contributed by atoms with Crippen molar-refractivity contribution < 1.29 is 23.8 Å². The van der Waals surface area contributed by atoms with E-state index in [0.29, 0.717) is 26.3 Å². The maximum absolute atomic E-state index is 12.6. The summed E-state index contributed by atoms with van der Waals surface area (Å²) >= 11 is 0. The molecule has 0 radical (unpaired) electrons. The number of aryl methyl sites for hydroxylation is 2. The molecule has 7 heteroatoms. The third-order valence-corrected chi connectivity index (χ3v) is 6.07. The van der Waals surface area contributed by atoms with E-state index in [1.807, 2.05) is 36.4 Å². The number of morpholine rings is 1. The van der Waals surface area contributed by atoms with Gasteiger partial charge in [-0.05, 0) is 54.5 Å². The van der Waals surface area contributed by atoms with Crippen molar-refractivity contribution >= 4 is 12.0 Å². The highest BCUT2D eigenvalue weighted by Crippen LogP contribution is 2.25. The minimum Gasteiger partial charge on any atom is -0.491 e. The lowest BCUT2D eigenvalue weighted by Crippen LogP contribution is -2.48. The number of carbonyl (C=O) groups excluding carboxylic acids is 2. The SMILES string of the molecule is O=C(NCCC(=O)N1CCOC(COc2ccc3c(c2)CCCC3)C1)OCc1ccccc1. The number of hydrogen-bond acceptors (Lipinski definition) is 5. The molecule has 2 aromatic carbocycles. The van der Waals surface area contributed by atoms with Crippen molar-refractivity contribution in [1.29, 1.82) is 0 Å². The molecule has 2 aromatic rings. The Hall–Kier alpha value is -3.06. The molecule has 1 aliphatic carbocycles. The van der Waals surface area contributed by atoms with E-state index in [0.717, 1.165) is 24.2 Å². The number of benzene rings is 2. The summed E-state index contributed by atoms with van der Waals surface area (Å²) in [5, 5.41) is 2.64. The van der Waals surface area contributed by atoms with Crippen molar-refractivity contribution in [2.24, 2.45) is 0 Å². The van der Waals surface area contributed by atoms with Crippen molar-refractivity contribution in [3.8, 4) is 5.75 Å². The quantitative estimate of drug-likeness (QED) is 0.664. The molecule has 1 saturated heterocycles. The lowest BCUT2D eigenvalue weighted by Gasteiger charge is -2.33. The van der Waals surface area contributed by atoms with Crippen LogP contribution in [-0.4, -0.2) is 55.9 Å². The van der Waals surface area contributed by atoms with Gasteiger partial charge in [0.15, 0.2) is 0 Å². The number of rotatable bonds is 8. The van der Waals surface area contributed by atoms with Crippen LogP contribution in [0.25, 0.3) is 0 Å². The molecule has 33 heavy (non-hydrogen) atoms. The Labute approximate surface area is 195 Å². The van der Waals surface area contributed by atoms with E-state index in [9.17, 15) is 9.59 Å². The molecule has 2 amide bonds. The molecular weight excluding hydrogens is 420 g/mol. The Morgan fingerprint density at radius 2 is 1.88 bits per heavy atom. The average Bonchev–Trinajstić information content (AvgIpc) is 2.87. The number of hydrogen-bond donors (Lipinski definition) is 1.